The van der Waals surface area contributed by atoms with E-state index >= 15 is 0 Å². The summed E-state index contributed by atoms with van der Waals surface area (Å²) in [4.78, 5) is 4.64. The first-order valence-corrected chi connectivity index (χ1v) is 10.8. The largest absolute Gasteiger partial charge is 0.470 e. The molecule has 1 aliphatic carbocycles. The summed E-state index contributed by atoms with van der Waals surface area (Å²) < 4.78 is 7.05. The van der Waals surface area contributed by atoms with Crippen molar-refractivity contribution in [3.63, 3.8) is 0 Å². The molecule has 4 rings (SSSR count). The molecule has 0 saturated heterocycles. The highest BCUT2D eigenvalue weighted by Gasteiger charge is 2.35. The molecule has 0 bridgehead atoms. The molecule has 0 radical (unpaired) electrons. The SMILES string of the molecule is CCCCCOc1nc2ccc3cc([C@H]4CC[C@](N)(CO)C4)ccc3c2s1. The van der Waals surface area contributed by atoms with Gasteiger partial charge in [-0.1, -0.05) is 55.4 Å². The minimum atomic E-state index is -0.411. The van der Waals surface area contributed by atoms with Crippen LogP contribution in [0.5, 0.6) is 5.19 Å². The summed E-state index contributed by atoms with van der Waals surface area (Å²) in [7, 11) is 0. The number of thiazole rings is 1. The van der Waals surface area contributed by atoms with Crippen molar-refractivity contribution < 1.29 is 9.84 Å². The molecule has 1 aliphatic rings. The van der Waals surface area contributed by atoms with Crippen molar-refractivity contribution in [3.8, 4) is 5.19 Å². The summed E-state index contributed by atoms with van der Waals surface area (Å²) in [5.41, 5.74) is 8.18. The summed E-state index contributed by atoms with van der Waals surface area (Å²) in [6.07, 6.45) is 6.25. The zero-order valence-corrected chi connectivity index (χ0v) is 16.7. The Kier molecular flexibility index (Phi) is 5.35. The Labute approximate surface area is 164 Å². The molecule has 4 nitrogen and oxygen atoms in total. The molecule has 27 heavy (non-hydrogen) atoms. The first kappa shape index (κ1) is 18.7. The minimum absolute atomic E-state index is 0.0690. The van der Waals surface area contributed by atoms with E-state index in [1.165, 1.54) is 33.9 Å². The number of fused-ring (bicyclic) bond motifs is 3. The van der Waals surface area contributed by atoms with Crippen LogP contribution in [0.15, 0.2) is 30.3 Å². The van der Waals surface area contributed by atoms with Gasteiger partial charge in [-0.3, -0.25) is 0 Å². The van der Waals surface area contributed by atoms with Crippen molar-refractivity contribution in [1.82, 2.24) is 4.98 Å². The highest BCUT2D eigenvalue weighted by atomic mass is 32.1. The lowest BCUT2D eigenvalue weighted by Gasteiger charge is -2.21. The molecule has 0 amide bonds. The van der Waals surface area contributed by atoms with E-state index in [1.54, 1.807) is 11.3 Å². The van der Waals surface area contributed by atoms with E-state index in [0.29, 0.717) is 5.92 Å². The number of aliphatic hydroxyl groups excluding tert-OH is 1. The lowest BCUT2D eigenvalue weighted by Crippen LogP contribution is -2.40. The predicted octanol–water partition coefficient (Wildman–Crippen LogP) is 4.98. The Balaban J connectivity index is 1.58. The van der Waals surface area contributed by atoms with Crippen LogP contribution in [0.1, 0.15) is 56.9 Å². The average molecular weight is 385 g/mol. The topological polar surface area (TPSA) is 68.4 Å². The van der Waals surface area contributed by atoms with Crippen LogP contribution in [0.25, 0.3) is 21.0 Å². The molecule has 1 heterocycles. The van der Waals surface area contributed by atoms with Crippen molar-refractivity contribution in [3.05, 3.63) is 35.9 Å². The van der Waals surface area contributed by atoms with Crippen LogP contribution in [0.3, 0.4) is 0 Å². The van der Waals surface area contributed by atoms with Gasteiger partial charge in [0, 0.05) is 10.9 Å². The normalized spacial score (nSPS) is 22.7. The van der Waals surface area contributed by atoms with Crippen LogP contribution < -0.4 is 10.5 Å². The maximum Gasteiger partial charge on any atom is 0.274 e. The fourth-order valence-corrected chi connectivity index (χ4v) is 5.10. The van der Waals surface area contributed by atoms with Gasteiger partial charge in [-0.2, -0.15) is 0 Å². The van der Waals surface area contributed by atoms with E-state index in [4.69, 9.17) is 10.5 Å². The molecule has 5 heteroatoms. The first-order valence-electron chi connectivity index (χ1n) is 9.97. The van der Waals surface area contributed by atoms with E-state index in [1.807, 2.05) is 0 Å². The number of nitrogens with two attached hydrogens (primary N) is 1. The maximum absolute atomic E-state index is 9.53. The van der Waals surface area contributed by atoms with Crippen molar-refractivity contribution in [1.29, 1.82) is 0 Å². The fourth-order valence-electron chi connectivity index (χ4n) is 4.12. The minimum Gasteiger partial charge on any atom is -0.470 e. The fraction of sp³-hybridized carbons (Fsp3) is 0.500. The summed E-state index contributed by atoms with van der Waals surface area (Å²) >= 11 is 1.64. The Hall–Kier alpha value is -1.69. The Morgan fingerprint density at radius 1 is 1.30 bits per heavy atom. The van der Waals surface area contributed by atoms with Crippen molar-refractivity contribution >= 4 is 32.3 Å². The monoisotopic (exact) mass is 384 g/mol. The molecule has 1 fully saturated rings. The quantitative estimate of drug-likeness (QED) is 0.564. The summed E-state index contributed by atoms with van der Waals surface area (Å²) in [5.74, 6) is 0.432. The van der Waals surface area contributed by atoms with Gasteiger partial charge < -0.3 is 15.6 Å². The zero-order valence-electron chi connectivity index (χ0n) is 15.9. The van der Waals surface area contributed by atoms with Crippen LogP contribution in [0.2, 0.25) is 0 Å². The molecule has 2 atom stereocenters. The standard InChI is InChI=1S/C22H28N2O2S/c1-2-3-4-11-26-21-24-19-8-6-16-12-15(5-7-18(16)20(19)27-21)17-9-10-22(23,13-17)14-25/h5-8,12,17,25H,2-4,9-11,13-14,23H2,1H3/t17-,22+/m0/s1. The van der Waals surface area contributed by atoms with E-state index in [-0.39, 0.29) is 6.61 Å². The molecule has 1 saturated carbocycles. The third kappa shape index (κ3) is 3.82. The molecule has 0 unspecified atom stereocenters. The third-order valence-electron chi connectivity index (χ3n) is 5.78. The van der Waals surface area contributed by atoms with Gasteiger partial charge in [0.15, 0.2) is 0 Å². The number of benzene rings is 2. The number of unbranched alkanes of at least 4 members (excludes halogenated alkanes) is 2. The smallest absolute Gasteiger partial charge is 0.274 e. The second kappa shape index (κ2) is 7.74. The van der Waals surface area contributed by atoms with Crippen LogP contribution in [0.4, 0.5) is 0 Å². The number of hydrogen-bond acceptors (Lipinski definition) is 5. The van der Waals surface area contributed by atoms with E-state index in [2.05, 4.69) is 42.2 Å². The number of rotatable bonds is 7. The van der Waals surface area contributed by atoms with Gasteiger partial charge in [0.2, 0.25) is 0 Å². The maximum atomic E-state index is 9.53. The van der Waals surface area contributed by atoms with Gasteiger partial charge in [0.05, 0.1) is 23.4 Å². The van der Waals surface area contributed by atoms with Crippen molar-refractivity contribution in [2.45, 2.75) is 56.9 Å². The third-order valence-corrected chi connectivity index (χ3v) is 6.80. The molecule has 3 aromatic rings. The number of ether oxygens (including phenoxy) is 1. The van der Waals surface area contributed by atoms with Gasteiger partial charge in [0.1, 0.15) is 0 Å². The van der Waals surface area contributed by atoms with E-state index < -0.39 is 5.54 Å². The molecule has 1 aromatic heterocycles. The number of aliphatic hydroxyl groups is 1. The first-order chi connectivity index (χ1) is 13.1. The van der Waals surface area contributed by atoms with Gasteiger partial charge in [0.25, 0.3) is 5.19 Å². The van der Waals surface area contributed by atoms with Crippen molar-refractivity contribution in [2.24, 2.45) is 5.73 Å². The summed E-state index contributed by atoms with van der Waals surface area (Å²) in [6, 6.07) is 11.0. The molecular weight excluding hydrogens is 356 g/mol. The summed E-state index contributed by atoms with van der Waals surface area (Å²) in [5, 5.41) is 12.8. The van der Waals surface area contributed by atoms with Gasteiger partial charge in [-0.25, -0.2) is 4.98 Å². The molecule has 0 spiro atoms. The zero-order chi connectivity index (χ0) is 18.9. The highest BCUT2D eigenvalue weighted by Crippen LogP contribution is 2.41. The number of hydrogen-bond donors (Lipinski definition) is 2. The van der Waals surface area contributed by atoms with Crippen LogP contribution in [-0.4, -0.2) is 28.8 Å². The summed E-state index contributed by atoms with van der Waals surface area (Å²) in [6.45, 7) is 3.00. The second-order valence-corrected chi connectivity index (χ2v) is 8.85. The predicted molar refractivity (Wildman–Crippen MR) is 113 cm³/mol. The van der Waals surface area contributed by atoms with E-state index in [9.17, 15) is 5.11 Å². The highest BCUT2D eigenvalue weighted by molar-refractivity contribution is 7.21. The van der Waals surface area contributed by atoms with Crippen molar-refractivity contribution in [2.75, 3.05) is 13.2 Å². The Morgan fingerprint density at radius 2 is 2.19 bits per heavy atom. The Bertz CT molecular complexity index is 939. The molecular formula is C22H28N2O2S. The molecule has 144 valence electrons. The Morgan fingerprint density at radius 3 is 2.96 bits per heavy atom. The molecule has 2 aromatic carbocycles. The van der Waals surface area contributed by atoms with Gasteiger partial charge >= 0.3 is 0 Å². The number of aromatic nitrogens is 1. The van der Waals surface area contributed by atoms with Gasteiger partial charge in [-0.05, 0) is 48.6 Å². The molecule has 0 aliphatic heterocycles. The van der Waals surface area contributed by atoms with Gasteiger partial charge in [-0.15, -0.1) is 0 Å². The second-order valence-electron chi connectivity index (χ2n) is 7.89. The lowest BCUT2D eigenvalue weighted by molar-refractivity contribution is 0.198. The van der Waals surface area contributed by atoms with Crippen LogP contribution in [0, 0.1) is 0 Å². The molecule has 3 N–H and O–H groups in total. The van der Waals surface area contributed by atoms with Crippen LogP contribution in [-0.2, 0) is 0 Å². The lowest BCUT2D eigenvalue weighted by atomic mass is 9.92. The van der Waals surface area contributed by atoms with Crippen LogP contribution >= 0.6 is 11.3 Å². The number of nitrogens with zero attached hydrogens (tertiary/aromatic N) is 1. The average Bonchev–Trinajstić information content (AvgIpc) is 3.29. The van der Waals surface area contributed by atoms with E-state index in [0.717, 1.165) is 43.0 Å².